The zero-order valence-corrected chi connectivity index (χ0v) is 18.7. The van der Waals surface area contributed by atoms with Gasteiger partial charge in [-0.05, 0) is 42.7 Å². The molecule has 0 spiro atoms. The highest BCUT2D eigenvalue weighted by Crippen LogP contribution is 2.37. The van der Waals surface area contributed by atoms with Crippen molar-refractivity contribution in [2.45, 2.75) is 36.4 Å². The third kappa shape index (κ3) is 3.96. The maximum atomic E-state index is 13.2. The smallest absolute Gasteiger partial charge is 0.262 e. The van der Waals surface area contributed by atoms with E-state index in [9.17, 15) is 4.79 Å². The zero-order valence-electron chi connectivity index (χ0n) is 16.3. The fourth-order valence-electron chi connectivity index (χ4n) is 3.77. The summed E-state index contributed by atoms with van der Waals surface area (Å²) in [5.74, 6) is 2.15. The molecule has 0 saturated carbocycles. The quantitative estimate of drug-likeness (QED) is 0.391. The average Bonchev–Trinajstić information content (AvgIpc) is 3.28. The summed E-state index contributed by atoms with van der Waals surface area (Å²) >= 11 is 5.18. The van der Waals surface area contributed by atoms with Crippen molar-refractivity contribution in [3.63, 3.8) is 0 Å². The second-order valence-electron chi connectivity index (χ2n) is 7.34. The Bertz CT molecular complexity index is 1140. The van der Waals surface area contributed by atoms with Gasteiger partial charge in [-0.2, -0.15) is 0 Å². The minimum atomic E-state index is -0.0140. The molecule has 0 N–H and O–H groups in total. The summed E-state index contributed by atoms with van der Waals surface area (Å²) in [6.45, 7) is 2.40. The molecule has 1 atom stereocenters. The predicted molar refractivity (Wildman–Crippen MR) is 120 cm³/mol. The SMILES string of the molecule is O=c1c2ccccc2nc(SCc2cc3c(cc2Br)OCCO3)n1CC1CCCO1. The van der Waals surface area contributed by atoms with Gasteiger partial charge in [-0.3, -0.25) is 9.36 Å². The lowest BCUT2D eigenvalue weighted by Crippen LogP contribution is -2.28. The fraction of sp³-hybridized carbons (Fsp3) is 0.364. The van der Waals surface area contributed by atoms with Crippen LogP contribution in [-0.4, -0.2) is 35.5 Å². The molecule has 156 valence electrons. The normalized spacial score (nSPS) is 18.1. The Balaban J connectivity index is 1.48. The van der Waals surface area contributed by atoms with Gasteiger partial charge in [-0.15, -0.1) is 0 Å². The molecule has 3 heterocycles. The Kier molecular flexibility index (Phi) is 5.71. The fourth-order valence-corrected chi connectivity index (χ4v) is 5.42. The Morgan fingerprint density at radius 2 is 1.93 bits per heavy atom. The summed E-state index contributed by atoms with van der Waals surface area (Å²) in [5.41, 5.74) is 1.77. The number of hydrogen-bond donors (Lipinski definition) is 0. The Morgan fingerprint density at radius 3 is 2.73 bits per heavy atom. The van der Waals surface area contributed by atoms with Gasteiger partial charge in [-0.25, -0.2) is 4.98 Å². The lowest BCUT2D eigenvalue weighted by Gasteiger charge is -2.20. The van der Waals surface area contributed by atoms with Crippen molar-refractivity contribution in [1.29, 1.82) is 0 Å². The van der Waals surface area contributed by atoms with Crippen molar-refractivity contribution in [3.05, 3.63) is 56.8 Å². The minimum absolute atomic E-state index is 0.0140. The van der Waals surface area contributed by atoms with Crippen LogP contribution in [0.15, 0.2) is 50.8 Å². The summed E-state index contributed by atoms with van der Waals surface area (Å²) in [6.07, 6.45) is 2.07. The van der Waals surface area contributed by atoms with E-state index in [1.165, 1.54) is 0 Å². The van der Waals surface area contributed by atoms with E-state index in [-0.39, 0.29) is 11.7 Å². The standard InChI is InChI=1S/C22H21BrN2O4S/c23-17-11-20-19(28-8-9-29-20)10-14(17)13-30-22-24-18-6-2-1-5-16(18)21(26)25(22)12-15-4-3-7-27-15/h1-2,5-6,10-11,15H,3-4,7-9,12-13H2. The third-order valence-corrected chi connectivity index (χ3v) is 7.07. The van der Waals surface area contributed by atoms with Gasteiger partial charge < -0.3 is 14.2 Å². The number of hydrogen-bond acceptors (Lipinski definition) is 6. The summed E-state index contributed by atoms with van der Waals surface area (Å²) in [4.78, 5) is 18.0. The molecule has 1 aromatic heterocycles. The van der Waals surface area contributed by atoms with Gasteiger partial charge >= 0.3 is 0 Å². The first-order valence-corrected chi connectivity index (χ1v) is 11.8. The van der Waals surface area contributed by atoms with Crippen LogP contribution in [0.25, 0.3) is 10.9 Å². The van der Waals surface area contributed by atoms with Gasteiger partial charge in [0.05, 0.1) is 23.6 Å². The lowest BCUT2D eigenvalue weighted by molar-refractivity contribution is 0.0937. The van der Waals surface area contributed by atoms with E-state index in [2.05, 4.69) is 15.9 Å². The molecule has 6 nitrogen and oxygen atoms in total. The van der Waals surface area contributed by atoms with E-state index >= 15 is 0 Å². The van der Waals surface area contributed by atoms with Gasteiger partial charge in [0.1, 0.15) is 13.2 Å². The third-order valence-electron chi connectivity index (χ3n) is 5.30. The summed E-state index contributed by atoms with van der Waals surface area (Å²) < 4.78 is 19.9. The number of thioether (sulfide) groups is 1. The van der Waals surface area contributed by atoms with Crippen LogP contribution in [-0.2, 0) is 17.0 Å². The molecule has 3 aromatic rings. The van der Waals surface area contributed by atoms with Crippen molar-refractivity contribution in [2.24, 2.45) is 0 Å². The summed E-state index contributed by atoms with van der Waals surface area (Å²) in [7, 11) is 0. The molecule has 0 aliphatic carbocycles. The van der Waals surface area contributed by atoms with Crippen LogP contribution in [0.5, 0.6) is 11.5 Å². The molecule has 1 saturated heterocycles. The highest BCUT2D eigenvalue weighted by molar-refractivity contribution is 9.10. The largest absolute Gasteiger partial charge is 0.486 e. The Labute approximate surface area is 186 Å². The predicted octanol–water partition coefficient (Wildman–Crippen LogP) is 4.40. The van der Waals surface area contributed by atoms with E-state index < -0.39 is 0 Å². The first-order chi connectivity index (χ1) is 14.7. The van der Waals surface area contributed by atoms with Crippen LogP contribution in [0.2, 0.25) is 0 Å². The number of rotatable bonds is 5. The van der Waals surface area contributed by atoms with E-state index in [0.717, 1.165) is 46.5 Å². The maximum Gasteiger partial charge on any atom is 0.262 e. The van der Waals surface area contributed by atoms with Gasteiger partial charge in [-0.1, -0.05) is 39.8 Å². The number of halogens is 1. The Hall–Kier alpha value is -2.03. The summed E-state index contributed by atoms with van der Waals surface area (Å²) in [6, 6.07) is 11.4. The van der Waals surface area contributed by atoms with Crippen molar-refractivity contribution >= 4 is 38.6 Å². The van der Waals surface area contributed by atoms with Crippen LogP contribution in [0.4, 0.5) is 0 Å². The molecule has 5 rings (SSSR count). The Morgan fingerprint density at radius 1 is 1.13 bits per heavy atom. The molecule has 2 aliphatic heterocycles. The molecule has 2 aliphatic rings. The van der Waals surface area contributed by atoms with Crippen LogP contribution in [0.1, 0.15) is 18.4 Å². The number of ether oxygens (including phenoxy) is 3. The van der Waals surface area contributed by atoms with Crippen LogP contribution < -0.4 is 15.0 Å². The number of para-hydroxylation sites is 1. The van der Waals surface area contributed by atoms with Crippen LogP contribution in [0, 0.1) is 0 Å². The van der Waals surface area contributed by atoms with Crippen molar-refractivity contribution in [2.75, 3.05) is 19.8 Å². The number of benzene rings is 2. The molecule has 30 heavy (non-hydrogen) atoms. The lowest BCUT2D eigenvalue weighted by atomic mass is 10.2. The monoisotopic (exact) mass is 488 g/mol. The van der Waals surface area contributed by atoms with Gasteiger partial charge in [0.15, 0.2) is 16.7 Å². The first-order valence-electron chi connectivity index (χ1n) is 10.0. The highest BCUT2D eigenvalue weighted by atomic mass is 79.9. The minimum Gasteiger partial charge on any atom is -0.486 e. The molecular formula is C22H21BrN2O4S. The van der Waals surface area contributed by atoms with Gasteiger partial charge in [0.2, 0.25) is 0 Å². The molecule has 8 heteroatoms. The topological polar surface area (TPSA) is 62.6 Å². The molecule has 0 bridgehead atoms. The molecule has 0 radical (unpaired) electrons. The van der Waals surface area contributed by atoms with E-state index in [1.807, 2.05) is 36.4 Å². The van der Waals surface area contributed by atoms with Crippen molar-refractivity contribution in [1.82, 2.24) is 9.55 Å². The molecular weight excluding hydrogens is 468 g/mol. The highest BCUT2D eigenvalue weighted by Gasteiger charge is 2.21. The second kappa shape index (κ2) is 8.61. The van der Waals surface area contributed by atoms with Crippen molar-refractivity contribution < 1.29 is 14.2 Å². The first kappa shape index (κ1) is 19.9. The number of nitrogens with zero attached hydrogens (tertiary/aromatic N) is 2. The molecule has 0 amide bonds. The van der Waals surface area contributed by atoms with E-state index in [0.29, 0.717) is 36.1 Å². The zero-order chi connectivity index (χ0) is 20.5. The van der Waals surface area contributed by atoms with Crippen LogP contribution in [0.3, 0.4) is 0 Å². The summed E-state index contributed by atoms with van der Waals surface area (Å²) in [5, 5.41) is 1.34. The number of fused-ring (bicyclic) bond motifs is 2. The van der Waals surface area contributed by atoms with Crippen molar-refractivity contribution in [3.8, 4) is 11.5 Å². The molecule has 1 fully saturated rings. The van der Waals surface area contributed by atoms with Crippen LogP contribution >= 0.6 is 27.7 Å². The molecule has 2 aromatic carbocycles. The average molecular weight is 489 g/mol. The van der Waals surface area contributed by atoms with Gasteiger partial charge in [0.25, 0.3) is 5.56 Å². The van der Waals surface area contributed by atoms with E-state index in [4.69, 9.17) is 19.2 Å². The molecule has 1 unspecified atom stereocenters. The number of aromatic nitrogens is 2. The second-order valence-corrected chi connectivity index (χ2v) is 9.14. The van der Waals surface area contributed by atoms with Gasteiger partial charge in [0, 0.05) is 16.8 Å². The van der Waals surface area contributed by atoms with E-state index in [1.54, 1.807) is 16.3 Å². The maximum absolute atomic E-state index is 13.2.